The minimum absolute atomic E-state index is 0.0793. The van der Waals surface area contributed by atoms with Gasteiger partial charge >= 0.3 is 5.97 Å². The average Bonchev–Trinajstić information content (AvgIpc) is 3.17. The van der Waals surface area contributed by atoms with Crippen LogP contribution >= 0.6 is 0 Å². The molecule has 0 aliphatic heterocycles. The molecule has 4 heteroatoms. The van der Waals surface area contributed by atoms with E-state index >= 15 is 0 Å². The van der Waals surface area contributed by atoms with E-state index in [1.165, 1.54) is 6.42 Å². The lowest BCUT2D eigenvalue weighted by molar-refractivity contribution is -0.138. The van der Waals surface area contributed by atoms with Crippen LogP contribution in [0.25, 0.3) is 0 Å². The summed E-state index contributed by atoms with van der Waals surface area (Å²) < 4.78 is 0. The zero-order valence-electron chi connectivity index (χ0n) is 9.89. The molecule has 0 spiro atoms. The summed E-state index contributed by atoms with van der Waals surface area (Å²) in [7, 11) is 0. The maximum atomic E-state index is 12.0. The van der Waals surface area contributed by atoms with Crippen molar-refractivity contribution in [2.75, 3.05) is 0 Å². The number of carboxylic acids is 1. The van der Waals surface area contributed by atoms with Crippen molar-refractivity contribution in [2.24, 2.45) is 23.7 Å². The predicted molar refractivity (Wildman–Crippen MR) is 61.2 cm³/mol. The van der Waals surface area contributed by atoms with Gasteiger partial charge in [0.15, 0.2) is 0 Å². The number of carboxylic acid groups (broad SMARTS) is 1. The second-order valence-corrected chi connectivity index (χ2v) is 5.97. The van der Waals surface area contributed by atoms with Crippen molar-refractivity contribution in [1.29, 1.82) is 0 Å². The summed E-state index contributed by atoms with van der Waals surface area (Å²) in [5, 5.41) is 11.8. The van der Waals surface area contributed by atoms with E-state index in [0.29, 0.717) is 5.92 Å². The van der Waals surface area contributed by atoms with Crippen molar-refractivity contribution in [2.45, 2.75) is 44.6 Å². The molecule has 3 fully saturated rings. The fourth-order valence-electron chi connectivity index (χ4n) is 3.25. The molecule has 3 aliphatic carbocycles. The highest BCUT2D eigenvalue weighted by molar-refractivity contribution is 5.80. The van der Waals surface area contributed by atoms with Crippen LogP contribution < -0.4 is 5.32 Å². The first-order valence-corrected chi connectivity index (χ1v) is 6.65. The number of hydrogen-bond donors (Lipinski definition) is 2. The Morgan fingerprint density at radius 1 is 1.18 bits per heavy atom. The van der Waals surface area contributed by atoms with Crippen LogP contribution in [0.15, 0.2) is 0 Å². The third-order valence-electron chi connectivity index (χ3n) is 4.53. The van der Waals surface area contributed by atoms with Crippen LogP contribution in [0.5, 0.6) is 0 Å². The molecule has 3 saturated carbocycles. The van der Waals surface area contributed by atoms with Crippen molar-refractivity contribution in [1.82, 2.24) is 5.32 Å². The third-order valence-corrected chi connectivity index (χ3v) is 4.53. The van der Waals surface area contributed by atoms with Crippen LogP contribution in [0.1, 0.15) is 38.5 Å². The highest BCUT2D eigenvalue weighted by Crippen LogP contribution is 2.54. The SMILES string of the molecule is O=C(O)CC(NC(=O)C1CC2CC2C1)C1CC1. The van der Waals surface area contributed by atoms with Gasteiger partial charge < -0.3 is 10.4 Å². The maximum absolute atomic E-state index is 12.0. The predicted octanol–water partition coefficient (Wildman–Crippen LogP) is 1.40. The number of rotatable bonds is 5. The van der Waals surface area contributed by atoms with E-state index in [9.17, 15) is 9.59 Å². The zero-order chi connectivity index (χ0) is 12.0. The van der Waals surface area contributed by atoms with Gasteiger partial charge in [0.1, 0.15) is 0 Å². The van der Waals surface area contributed by atoms with Gasteiger partial charge in [-0.3, -0.25) is 9.59 Å². The Bertz CT molecular complexity index is 341. The van der Waals surface area contributed by atoms with Gasteiger partial charge in [-0.25, -0.2) is 0 Å². The Labute approximate surface area is 101 Å². The Morgan fingerprint density at radius 2 is 1.82 bits per heavy atom. The van der Waals surface area contributed by atoms with E-state index in [1.54, 1.807) is 0 Å². The minimum Gasteiger partial charge on any atom is -0.481 e. The van der Waals surface area contributed by atoms with Crippen molar-refractivity contribution in [3.05, 3.63) is 0 Å². The molecule has 3 atom stereocenters. The molecule has 2 N–H and O–H groups in total. The number of nitrogens with one attached hydrogen (secondary N) is 1. The molecule has 0 radical (unpaired) electrons. The van der Waals surface area contributed by atoms with Crippen LogP contribution in [0.2, 0.25) is 0 Å². The van der Waals surface area contributed by atoms with E-state index in [-0.39, 0.29) is 24.3 Å². The van der Waals surface area contributed by atoms with Crippen LogP contribution in [0.4, 0.5) is 0 Å². The van der Waals surface area contributed by atoms with Crippen molar-refractivity contribution >= 4 is 11.9 Å². The molecule has 0 heterocycles. The minimum atomic E-state index is -0.809. The molecular formula is C13H19NO3. The highest BCUT2D eigenvalue weighted by Gasteiger charge is 2.48. The number of hydrogen-bond acceptors (Lipinski definition) is 2. The summed E-state index contributed by atoms with van der Waals surface area (Å²) in [6.07, 6.45) is 5.57. The lowest BCUT2D eigenvalue weighted by atomic mass is 10.0. The summed E-state index contributed by atoms with van der Waals surface area (Å²) in [4.78, 5) is 22.8. The van der Waals surface area contributed by atoms with Crippen LogP contribution in [-0.2, 0) is 9.59 Å². The number of fused-ring (bicyclic) bond motifs is 1. The second-order valence-electron chi connectivity index (χ2n) is 5.97. The largest absolute Gasteiger partial charge is 0.481 e. The summed E-state index contributed by atoms with van der Waals surface area (Å²) in [5.74, 6) is 1.46. The molecule has 3 rings (SSSR count). The van der Waals surface area contributed by atoms with Gasteiger partial charge in [-0.05, 0) is 49.9 Å². The standard InChI is InChI=1S/C13H19NO3/c15-12(16)6-11(7-1-2-7)14-13(17)10-4-8-3-9(8)5-10/h7-11H,1-6H2,(H,14,17)(H,15,16). The summed E-state index contributed by atoms with van der Waals surface area (Å²) in [6.45, 7) is 0. The number of carbonyl (C=O) groups excluding carboxylic acids is 1. The highest BCUT2D eigenvalue weighted by atomic mass is 16.4. The van der Waals surface area contributed by atoms with Gasteiger partial charge in [-0.2, -0.15) is 0 Å². The van der Waals surface area contributed by atoms with Gasteiger partial charge in [0.25, 0.3) is 0 Å². The Hall–Kier alpha value is -1.06. The van der Waals surface area contributed by atoms with Crippen LogP contribution in [0.3, 0.4) is 0 Å². The molecular weight excluding hydrogens is 218 g/mol. The number of carbonyl (C=O) groups is 2. The first-order chi connectivity index (χ1) is 8.13. The van der Waals surface area contributed by atoms with E-state index in [1.807, 2.05) is 0 Å². The fraction of sp³-hybridized carbons (Fsp3) is 0.846. The third kappa shape index (κ3) is 2.45. The van der Waals surface area contributed by atoms with Crippen molar-refractivity contribution in [3.8, 4) is 0 Å². The zero-order valence-corrected chi connectivity index (χ0v) is 9.89. The molecule has 94 valence electrons. The first-order valence-electron chi connectivity index (χ1n) is 6.65. The maximum Gasteiger partial charge on any atom is 0.305 e. The number of aliphatic carboxylic acids is 1. The molecule has 0 saturated heterocycles. The molecule has 3 unspecified atom stereocenters. The van der Waals surface area contributed by atoms with Gasteiger partial charge in [0.05, 0.1) is 6.42 Å². The van der Waals surface area contributed by atoms with Gasteiger partial charge in [0.2, 0.25) is 5.91 Å². The van der Waals surface area contributed by atoms with Crippen LogP contribution in [0, 0.1) is 23.7 Å². The topological polar surface area (TPSA) is 66.4 Å². The molecule has 1 amide bonds. The summed E-state index contributed by atoms with van der Waals surface area (Å²) in [5.41, 5.74) is 0. The summed E-state index contributed by atoms with van der Waals surface area (Å²) >= 11 is 0. The first kappa shape index (κ1) is 11.1. The monoisotopic (exact) mass is 237 g/mol. The van der Waals surface area contributed by atoms with Crippen LogP contribution in [-0.4, -0.2) is 23.0 Å². The van der Waals surface area contributed by atoms with E-state index in [4.69, 9.17) is 5.11 Å². The molecule has 17 heavy (non-hydrogen) atoms. The lowest BCUT2D eigenvalue weighted by Crippen LogP contribution is -2.41. The Morgan fingerprint density at radius 3 is 2.35 bits per heavy atom. The average molecular weight is 237 g/mol. The van der Waals surface area contributed by atoms with Gasteiger partial charge in [0, 0.05) is 12.0 Å². The van der Waals surface area contributed by atoms with E-state index < -0.39 is 5.97 Å². The summed E-state index contributed by atoms with van der Waals surface area (Å²) in [6, 6.07) is -0.128. The molecule has 0 aromatic carbocycles. The fourth-order valence-corrected chi connectivity index (χ4v) is 3.25. The quantitative estimate of drug-likeness (QED) is 0.759. The molecule has 0 aromatic rings. The molecule has 4 nitrogen and oxygen atoms in total. The van der Waals surface area contributed by atoms with Gasteiger partial charge in [-0.15, -0.1) is 0 Å². The van der Waals surface area contributed by atoms with E-state index in [0.717, 1.165) is 37.5 Å². The smallest absolute Gasteiger partial charge is 0.305 e. The van der Waals surface area contributed by atoms with Crippen molar-refractivity contribution < 1.29 is 14.7 Å². The van der Waals surface area contributed by atoms with E-state index in [2.05, 4.69) is 5.32 Å². The Balaban J connectivity index is 1.52. The van der Waals surface area contributed by atoms with Gasteiger partial charge in [-0.1, -0.05) is 0 Å². The molecule has 3 aliphatic rings. The normalized spacial score (nSPS) is 36.1. The number of amides is 1. The lowest BCUT2D eigenvalue weighted by Gasteiger charge is -2.19. The second kappa shape index (κ2) is 4.00. The van der Waals surface area contributed by atoms with Crippen molar-refractivity contribution in [3.63, 3.8) is 0 Å². The Kier molecular flexibility index (Phi) is 2.60. The molecule has 0 bridgehead atoms. The molecule has 0 aromatic heterocycles.